The van der Waals surface area contributed by atoms with Crippen LogP contribution < -0.4 is 9.64 Å². The van der Waals surface area contributed by atoms with Gasteiger partial charge in [0.05, 0.1) is 23.7 Å². The standard InChI is InChI=1S/C27H27F9N2O5/c1-3-37(9-5-4-6-22(39)40)21-8-7-20(43-27(34,35)36)12-17(21)14-38-15(2)23(42-24(38)41)16-10-18(25(28,29)30)13-19(11-16)26(31,32)33/h7-8,10-13,15,23H,3-6,9,14H2,1-2H3,(H,39,40)/t15-,23?/m0/s1. The molecule has 16 heteroatoms. The lowest BCUT2D eigenvalue weighted by molar-refractivity contribution is -0.274. The van der Waals surface area contributed by atoms with Gasteiger partial charge in [-0.05, 0) is 74.2 Å². The number of carboxylic acid groups (broad SMARTS) is 1. The number of carbonyl (C=O) groups excluding carboxylic acids is 1. The van der Waals surface area contributed by atoms with Crippen LogP contribution in [0, 0.1) is 0 Å². The van der Waals surface area contributed by atoms with Crippen molar-refractivity contribution in [3.8, 4) is 5.75 Å². The summed E-state index contributed by atoms with van der Waals surface area (Å²) in [5, 5.41) is 8.86. The zero-order valence-corrected chi connectivity index (χ0v) is 22.7. The first-order valence-electron chi connectivity index (χ1n) is 12.9. The van der Waals surface area contributed by atoms with Crippen molar-refractivity contribution in [1.82, 2.24) is 4.90 Å². The molecule has 7 nitrogen and oxygen atoms in total. The number of halogens is 9. The molecule has 1 saturated heterocycles. The third kappa shape index (κ3) is 8.83. The van der Waals surface area contributed by atoms with Crippen molar-refractivity contribution >= 4 is 17.7 Å². The monoisotopic (exact) mass is 630 g/mol. The van der Waals surface area contributed by atoms with Crippen LogP contribution in [0.3, 0.4) is 0 Å². The molecule has 0 aliphatic carbocycles. The van der Waals surface area contributed by atoms with Crippen molar-refractivity contribution in [2.45, 2.75) is 70.5 Å². The molecular formula is C27H27F9N2O5. The molecule has 1 fully saturated rings. The van der Waals surface area contributed by atoms with Gasteiger partial charge in [0.2, 0.25) is 0 Å². The smallest absolute Gasteiger partial charge is 0.481 e. The lowest BCUT2D eigenvalue weighted by Crippen LogP contribution is -2.33. The van der Waals surface area contributed by atoms with E-state index in [4.69, 9.17) is 9.84 Å². The lowest BCUT2D eigenvalue weighted by atomic mass is 9.97. The average Bonchev–Trinajstić information content (AvgIpc) is 3.15. The summed E-state index contributed by atoms with van der Waals surface area (Å²) in [6, 6.07) is 3.07. The fraction of sp³-hybridized carbons (Fsp3) is 0.481. The maximum atomic E-state index is 13.4. The fourth-order valence-corrected chi connectivity index (χ4v) is 4.71. The van der Waals surface area contributed by atoms with Gasteiger partial charge in [0.25, 0.3) is 0 Å². The minimum absolute atomic E-state index is 0.0586. The number of rotatable bonds is 11. The Bertz CT molecular complexity index is 1280. The topological polar surface area (TPSA) is 79.3 Å². The summed E-state index contributed by atoms with van der Waals surface area (Å²) in [4.78, 5) is 26.4. The Balaban J connectivity index is 1.97. The number of cyclic esters (lactones) is 1. The van der Waals surface area contributed by atoms with Crippen molar-refractivity contribution in [3.05, 3.63) is 58.7 Å². The largest absolute Gasteiger partial charge is 0.573 e. The number of anilines is 1. The minimum atomic E-state index is -5.14. The van der Waals surface area contributed by atoms with Crippen molar-refractivity contribution < 1.29 is 63.7 Å². The number of carboxylic acids is 1. The van der Waals surface area contributed by atoms with Crippen LogP contribution in [0.4, 0.5) is 50.0 Å². The van der Waals surface area contributed by atoms with Crippen LogP contribution in [0.25, 0.3) is 0 Å². The van der Waals surface area contributed by atoms with Gasteiger partial charge in [-0.15, -0.1) is 13.2 Å². The SMILES string of the molecule is CCN(CCCCC(=O)O)c1ccc(OC(F)(F)F)cc1CN1C(=O)OC(c2cc(C(F)(F)F)cc(C(F)(F)F)c2)[C@@H]1C. The van der Waals surface area contributed by atoms with Crippen LogP contribution in [0.5, 0.6) is 5.75 Å². The number of nitrogens with zero attached hydrogens (tertiary/aromatic N) is 2. The maximum Gasteiger partial charge on any atom is 0.573 e. The number of benzene rings is 2. The number of amides is 1. The van der Waals surface area contributed by atoms with E-state index in [1.54, 1.807) is 11.8 Å². The zero-order chi connectivity index (χ0) is 32.3. The van der Waals surface area contributed by atoms with Crippen LogP contribution in [0.15, 0.2) is 36.4 Å². The van der Waals surface area contributed by atoms with Crippen LogP contribution in [0.2, 0.25) is 0 Å². The average molecular weight is 631 g/mol. The Morgan fingerprint density at radius 2 is 1.58 bits per heavy atom. The van der Waals surface area contributed by atoms with Gasteiger partial charge in [-0.25, -0.2) is 4.79 Å². The predicted octanol–water partition coefficient (Wildman–Crippen LogP) is 7.79. The van der Waals surface area contributed by atoms with Crippen molar-refractivity contribution in [3.63, 3.8) is 0 Å². The van der Waals surface area contributed by atoms with Crippen LogP contribution in [-0.4, -0.2) is 47.6 Å². The molecule has 1 heterocycles. The van der Waals surface area contributed by atoms with Crippen molar-refractivity contribution in [1.29, 1.82) is 0 Å². The second kappa shape index (κ2) is 12.8. The molecule has 1 aliphatic heterocycles. The molecule has 43 heavy (non-hydrogen) atoms. The highest BCUT2D eigenvalue weighted by Crippen LogP contribution is 2.41. The van der Waals surface area contributed by atoms with E-state index in [0.29, 0.717) is 43.8 Å². The number of aliphatic carboxylic acids is 1. The highest BCUT2D eigenvalue weighted by atomic mass is 19.4. The van der Waals surface area contributed by atoms with Gasteiger partial charge in [0.15, 0.2) is 0 Å². The number of hydrogen-bond acceptors (Lipinski definition) is 5. The summed E-state index contributed by atoms with van der Waals surface area (Å²) in [5.41, 5.74) is -3.28. The minimum Gasteiger partial charge on any atom is -0.481 e. The first-order chi connectivity index (χ1) is 19.8. The summed E-state index contributed by atoms with van der Waals surface area (Å²) in [5.74, 6) is -1.63. The molecule has 0 saturated carbocycles. The van der Waals surface area contributed by atoms with Crippen molar-refractivity contribution in [2.75, 3.05) is 18.0 Å². The van der Waals surface area contributed by atoms with E-state index in [-0.39, 0.29) is 18.1 Å². The Labute approximate surface area is 239 Å². The lowest BCUT2D eigenvalue weighted by Gasteiger charge is -2.29. The molecule has 3 rings (SSSR count). The highest BCUT2D eigenvalue weighted by Gasteiger charge is 2.43. The molecule has 2 aromatic carbocycles. The fourth-order valence-electron chi connectivity index (χ4n) is 4.71. The van der Waals surface area contributed by atoms with Gasteiger partial charge < -0.3 is 19.5 Å². The predicted molar refractivity (Wildman–Crippen MR) is 133 cm³/mol. The summed E-state index contributed by atoms with van der Waals surface area (Å²) in [7, 11) is 0. The Kier molecular flexibility index (Phi) is 10.0. The summed E-state index contributed by atoms with van der Waals surface area (Å²) in [6.07, 6.45) is -17.4. The summed E-state index contributed by atoms with van der Waals surface area (Å²) < 4.78 is 128. The van der Waals surface area contributed by atoms with Gasteiger partial charge in [-0.3, -0.25) is 9.69 Å². The molecule has 0 aromatic heterocycles. The van der Waals surface area contributed by atoms with E-state index in [2.05, 4.69) is 4.74 Å². The number of carbonyl (C=O) groups is 2. The summed E-state index contributed by atoms with van der Waals surface area (Å²) >= 11 is 0. The number of hydrogen-bond donors (Lipinski definition) is 1. The normalized spacial score (nSPS) is 17.7. The molecule has 238 valence electrons. The van der Waals surface area contributed by atoms with Gasteiger partial charge in [-0.1, -0.05) is 0 Å². The number of ether oxygens (including phenoxy) is 2. The quantitative estimate of drug-likeness (QED) is 0.202. The second-order valence-electron chi connectivity index (χ2n) is 9.78. The van der Waals surface area contributed by atoms with Crippen molar-refractivity contribution in [2.24, 2.45) is 0 Å². The molecule has 1 aliphatic rings. The van der Waals surface area contributed by atoms with Gasteiger partial charge in [0, 0.05) is 25.2 Å². The maximum absolute atomic E-state index is 13.4. The van der Waals surface area contributed by atoms with Crippen LogP contribution in [0.1, 0.15) is 61.5 Å². The second-order valence-corrected chi connectivity index (χ2v) is 9.78. The first kappa shape index (κ1) is 33.6. The van der Waals surface area contributed by atoms with Gasteiger partial charge in [0.1, 0.15) is 11.9 Å². The van der Waals surface area contributed by atoms with Gasteiger partial charge >= 0.3 is 30.8 Å². The van der Waals surface area contributed by atoms with E-state index in [9.17, 15) is 49.1 Å². The van der Waals surface area contributed by atoms with E-state index in [1.165, 1.54) is 13.0 Å². The first-order valence-corrected chi connectivity index (χ1v) is 12.9. The van der Waals surface area contributed by atoms with Crippen LogP contribution >= 0.6 is 0 Å². The number of alkyl halides is 9. The molecular weight excluding hydrogens is 603 g/mol. The highest BCUT2D eigenvalue weighted by molar-refractivity contribution is 5.72. The molecule has 2 aromatic rings. The molecule has 0 radical (unpaired) electrons. The molecule has 2 atom stereocenters. The third-order valence-electron chi connectivity index (χ3n) is 6.75. The van der Waals surface area contributed by atoms with Crippen LogP contribution in [-0.2, 0) is 28.4 Å². The van der Waals surface area contributed by atoms with E-state index in [1.807, 2.05) is 0 Å². The third-order valence-corrected chi connectivity index (χ3v) is 6.75. The number of unbranched alkanes of at least 4 members (excludes halogenated alkanes) is 1. The molecule has 1 N–H and O–H groups in total. The molecule has 1 amide bonds. The molecule has 0 bridgehead atoms. The summed E-state index contributed by atoms with van der Waals surface area (Å²) in [6.45, 7) is 3.24. The Hall–Kier alpha value is -3.85. The zero-order valence-electron chi connectivity index (χ0n) is 22.7. The van der Waals surface area contributed by atoms with E-state index in [0.717, 1.165) is 17.0 Å². The van der Waals surface area contributed by atoms with E-state index < -0.39 is 71.9 Å². The molecule has 0 spiro atoms. The Morgan fingerprint density at radius 3 is 2.09 bits per heavy atom. The molecule has 1 unspecified atom stereocenters. The van der Waals surface area contributed by atoms with Gasteiger partial charge in [-0.2, -0.15) is 26.3 Å². The van der Waals surface area contributed by atoms with E-state index >= 15 is 0 Å². The Morgan fingerprint density at radius 1 is 0.977 bits per heavy atom.